The lowest BCUT2D eigenvalue weighted by Crippen LogP contribution is -2.49. The Morgan fingerprint density at radius 2 is 2.00 bits per heavy atom. The van der Waals surface area contributed by atoms with E-state index in [9.17, 15) is 14.1 Å². The molecule has 0 bridgehead atoms. The Kier molecular flexibility index (Phi) is 4.17. The van der Waals surface area contributed by atoms with Crippen LogP contribution in [0.1, 0.15) is 18.9 Å². The number of hydrogen-bond acceptors (Lipinski definition) is 2. The normalized spacial score (nSPS) is 16.4. The van der Waals surface area contributed by atoms with Crippen molar-refractivity contribution in [2.24, 2.45) is 0 Å². The van der Waals surface area contributed by atoms with Gasteiger partial charge in [-0.2, -0.15) is 4.72 Å². The molecule has 0 amide bonds. The second-order valence-electron chi connectivity index (χ2n) is 3.28. The SMILES string of the molecule is CCC(NS(=O)O)(C(=O)O)c1ccccc1. The van der Waals surface area contributed by atoms with E-state index in [2.05, 4.69) is 4.72 Å². The van der Waals surface area contributed by atoms with Crippen LogP contribution in [-0.2, 0) is 21.6 Å². The fraction of sp³-hybridized carbons (Fsp3) is 0.300. The molecule has 1 aromatic carbocycles. The molecule has 6 heteroatoms. The monoisotopic (exact) mass is 243 g/mol. The number of carboxylic acid groups (broad SMARTS) is 1. The highest BCUT2D eigenvalue weighted by atomic mass is 32.2. The number of aliphatic carboxylic acids is 1. The van der Waals surface area contributed by atoms with Gasteiger partial charge in [0.05, 0.1) is 0 Å². The first-order chi connectivity index (χ1) is 7.53. The van der Waals surface area contributed by atoms with Crippen LogP contribution in [0, 0.1) is 0 Å². The summed E-state index contributed by atoms with van der Waals surface area (Å²) >= 11 is -2.39. The van der Waals surface area contributed by atoms with E-state index in [0.717, 1.165) is 0 Å². The van der Waals surface area contributed by atoms with E-state index in [4.69, 9.17) is 4.55 Å². The van der Waals surface area contributed by atoms with Crippen molar-refractivity contribution in [1.29, 1.82) is 0 Å². The molecule has 3 N–H and O–H groups in total. The molecule has 0 saturated carbocycles. The molecule has 0 fully saturated rings. The third kappa shape index (κ3) is 2.46. The van der Waals surface area contributed by atoms with Crippen molar-refractivity contribution in [3.05, 3.63) is 35.9 Å². The van der Waals surface area contributed by atoms with Gasteiger partial charge in [0.25, 0.3) is 0 Å². The highest BCUT2D eigenvalue weighted by molar-refractivity contribution is 7.77. The molecular formula is C10H13NO4S. The van der Waals surface area contributed by atoms with Crippen LogP contribution in [0.4, 0.5) is 0 Å². The zero-order chi connectivity index (χ0) is 12.2. The predicted molar refractivity (Wildman–Crippen MR) is 60.0 cm³/mol. The molecule has 0 aliphatic carbocycles. The van der Waals surface area contributed by atoms with Gasteiger partial charge in [-0.05, 0) is 12.0 Å². The molecule has 2 atom stereocenters. The topological polar surface area (TPSA) is 86.6 Å². The van der Waals surface area contributed by atoms with Crippen molar-refractivity contribution in [3.63, 3.8) is 0 Å². The molecule has 0 radical (unpaired) electrons. The third-order valence-electron chi connectivity index (χ3n) is 2.42. The molecule has 0 saturated heterocycles. The smallest absolute Gasteiger partial charge is 0.329 e. The van der Waals surface area contributed by atoms with Gasteiger partial charge in [-0.1, -0.05) is 37.3 Å². The van der Waals surface area contributed by atoms with Crippen molar-refractivity contribution in [2.75, 3.05) is 0 Å². The van der Waals surface area contributed by atoms with Crippen molar-refractivity contribution in [3.8, 4) is 0 Å². The highest BCUT2D eigenvalue weighted by Crippen LogP contribution is 2.25. The molecule has 2 unspecified atom stereocenters. The molecule has 16 heavy (non-hydrogen) atoms. The summed E-state index contributed by atoms with van der Waals surface area (Å²) in [5, 5.41) is 9.22. The third-order valence-corrected chi connectivity index (χ3v) is 2.95. The summed E-state index contributed by atoms with van der Waals surface area (Å²) < 4.78 is 21.8. The molecule has 0 heterocycles. The minimum absolute atomic E-state index is 0.165. The van der Waals surface area contributed by atoms with Crippen molar-refractivity contribution < 1.29 is 18.7 Å². The summed E-state index contributed by atoms with van der Waals surface area (Å²) in [4.78, 5) is 11.3. The number of nitrogens with one attached hydrogen (secondary N) is 1. The Labute approximate surface area is 95.9 Å². The van der Waals surface area contributed by atoms with Crippen LogP contribution in [0.25, 0.3) is 0 Å². The summed E-state index contributed by atoms with van der Waals surface area (Å²) in [5.41, 5.74) is -1.08. The first-order valence-electron chi connectivity index (χ1n) is 4.70. The van der Waals surface area contributed by atoms with Crippen molar-refractivity contribution in [2.45, 2.75) is 18.9 Å². The van der Waals surface area contributed by atoms with Gasteiger partial charge in [-0.3, -0.25) is 4.55 Å². The van der Waals surface area contributed by atoms with Crippen LogP contribution in [0.3, 0.4) is 0 Å². The maximum atomic E-state index is 11.3. The van der Waals surface area contributed by atoms with Gasteiger partial charge in [0, 0.05) is 0 Å². The van der Waals surface area contributed by atoms with E-state index in [1.165, 1.54) is 0 Å². The van der Waals surface area contributed by atoms with E-state index in [-0.39, 0.29) is 6.42 Å². The molecule has 1 rings (SSSR count). The van der Waals surface area contributed by atoms with E-state index in [0.29, 0.717) is 5.56 Å². The van der Waals surface area contributed by atoms with E-state index < -0.39 is 22.8 Å². The fourth-order valence-corrected chi connectivity index (χ4v) is 2.17. The minimum atomic E-state index is -2.39. The summed E-state index contributed by atoms with van der Waals surface area (Å²) in [6, 6.07) is 8.34. The number of benzene rings is 1. The lowest BCUT2D eigenvalue weighted by atomic mass is 9.88. The van der Waals surface area contributed by atoms with E-state index in [1.807, 2.05) is 0 Å². The molecule has 0 aliphatic heterocycles. The van der Waals surface area contributed by atoms with Crippen LogP contribution in [0.15, 0.2) is 30.3 Å². The zero-order valence-corrected chi connectivity index (χ0v) is 9.53. The summed E-state index contributed by atoms with van der Waals surface area (Å²) in [7, 11) is 0. The van der Waals surface area contributed by atoms with Gasteiger partial charge in [0.2, 0.25) is 11.3 Å². The van der Waals surface area contributed by atoms with Gasteiger partial charge in [-0.15, -0.1) is 0 Å². The maximum absolute atomic E-state index is 11.3. The quantitative estimate of drug-likeness (QED) is 0.676. The Morgan fingerprint density at radius 1 is 1.44 bits per heavy atom. The fourth-order valence-electron chi connectivity index (χ4n) is 1.53. The van der Waals surface area contributed by atoms with E-state index >= 15 is 0 Å². The Morgan fingerprint density at radius 3 is 2.38 bits per heavy atom. The van der Waals surface area contributed by atoms with Gasteiger partial charge >= 0.3 is 5.97 Å². The minimum Gasteiger partial charge on any atom is -0.480 e. The molecule has 1 aromatic rings. The average Bonchev–Trinajstić information content (AvgIpc) is 2.26. The lowest BCUT2D eigenvalue weighted by molar-refractivity contribution is -0.144. The number of carboxylic acids is 1. The van der Waals surface area contributed by atoms with Crippen LogP contribution < -0.4 is 4.72 Å². The number of hydrogen-bond donors (Lipinski definition) is 3. The standard InChI is InChI=1S/C10H13NO4S/c1-2-10(9(12)13,11-16(14)15)8-6-4-3-5-7-8/h3-7,11H,2H2,1H3,(H,12,13)(H,14,15). The molecule has 0 aromatic heterocycles. The first-order valence-corrected chi connectivity index (χ1v) is 5.81. The van der Waals surface area contributed by atoms with Crippen LogP contribution in [0.5, 0.6) is 0 Å². The van der Waals surface area contributed by atoms with Gasteiger partial charge in [0.15, 0.2) is 5.54 Å². The second-order valence-corrected chi connectivity index (χ2v) is 3.98. The predicted octanol–water partition coefficient (Wildman–Crippen LogP) is 1.10. The van der Waals surface area contributed by atoms with Gasteiger partial charge in [-0.25, -0.2) is 9.00 Å². The van der Waals surface area contributed by atoms with Crippen LogP contribution >= 0.6 is 0 Å². The summed E-state index contributed by atoms with van der Waals surface area (Å²) in [6.07, 6.45) is 0.165. The number of carbonyl (C=O) groups is 1. The first kappa shape index (κ1) is 12.8. The van der Waals surface area contributed by atoms with E-state index in [1.54, 1.807) is 37.3 Å². The maximum Gasteiger partial charge on any atom is 0.329 e. The van der Waals surface area contributed by atoms with Crippen LogP contribution in [-0.4, -0.2) is 19.8 Å². The van der Waals surface area contributed by atoms with Crippen molar-refractivity contribution >= 4 is 17.2 Å². The Hall–Kier alpha value is -1.24. The second kappa shape index (κ2) is 5.20. The molecule has 88 valence electrons. The highest BCUT2D eigenvalue weighted by Gasteiger charge is 2.40. The molecular weight excluding hydrogens is 230 g/mol. The number of rotatable bonds is 5. The molecule has 5 nitrogen and oxygen atoms in total. The van der Waals surface area contributed by atoms with Gasteiger partial charge < -0.3 is 5.11 Å². The molecule has 0 aliphatic rings. The zero-order valence-electron chi connectivity index (χ0n) is 8.71. The Balaban J connectivity index is 3.23. The largest absolute Gasteiger partial charge is 0.480 e. The Bertz CT molecular complexity index is 395. The van der Waals surface area contributed by atoms with Crippen molar-refractivity contribution in [1.82, 2.24) is 4.72 Å². The molecule has 0 spiro atoms. The average molecular weight is 243 g/mol. The lowest BCUT2D eigenvalue weighted by Gasteiger charge is -2.27. The summed E-state index contributed by atoms with van der Waals surface area (Å²) in [6.45, 7) is 1.64. The van der Waals surface area contributed by atoms with Gasteiger partial charge in [0.1, 0.15) is 0 Å². The van der Waals surface area contributed by atoms with Crippen LogP contribution in [0.2, 0.25) is 0 Å². The summed E-state index contributed by atoms with van der Waals surface area (Å²) in [5.74, 6) is -1.18.